The van der Waals surface area contributed by atoms with E-state index in [1.54, 1.807) is 0 Å². The minimum atomic E-state index is -0.0344. The van der Waals surface area contributed by atoms with E-state index in [4.69, 9.17) is 0 Å². The highest BCUT2D eigenvalue weighted by Gasteiger charge is 2.36. The molecule has 3 N–H and O–H groups in total. The van der Waals surface area contributed by atoms with Crippen molar-refractivity contribution in [3.05, 3.63) is 0 Å². The maximum Gasteiger partial charge on any atom is 0.220 e. The summed E-state index contributed by atoms with van der Waals surface area (Å²) in [5.41, 5.74) is -0.0344. The van der Waals surface area contributed by atoms with E-state index in [9.17, 15) is 9.90 Å². The summed E-state index contributed by atoms with van der Waals surface area (Å²) in [5, 5.41) is 15.5. The molecule has 1 saturated heterocycles. The third-order valence-corrected chi connectivity index (χ3v) is 3.42. The zero-order valence-corrected chi connectivity index (χ0v) is 8.38. The molecule has 0 bridgehead atoms. The summed E-state index contributed by atoms with van der Waals surface area (Å²) in [6, 6.07) is 0.270. The van der Waals surface area contributed by atoms with Crippen molar-refractivity contribution in [2.24, 2.45) is 0 Å². The van der Waals surface area contributed by atoms with Crippen LogP contribution in [-0.4, -0.2) is 35.7 Å². The molecule has 1 atom stereocenters. The van der Waals surface area contributed by atoms with Crippen LogP contribution in [-0.2, 0) is 4.79 Å². The smallest absolute Gasteiger partial charge is 0.220 e. The molecule has 0 aromatic rings. The van der Waals surface area contributed by atoms with Gasteiger partial charge in [0, 0.05) is 24.5 Å². The molecule has 0 spiro atoms. The van der Waals surface area contributed by atoms with E-state index in [0.717, 1.165) is 25.8 Å². The zero-order valence-electron chi connectivity index (χ0n) is 8.38. The van der Waals surface area contributed by atoms with Crippen LogP contribution in [0.5, 0.6) is 0 Å². The summed E-state index contributed by atoms with van der Waals surface area (Å²) < 4.78 is 0. The van der Waals surface area contributed by atoms with E-state index < -0.39 is 0 Å². The highest BCUT2D eigenvalue weighted by atomic mass is 16.3. The first kappa shape index (κ1) is 9.93. The van der Waals surface area contributed by atoms with Gasteiger partial charge in [0.2, 0.25) is 5.91 Å². The molecule has 0 aromatic heterocycles. The minimum Gasteiger partial charge on any atom is -0.394 e. The van der Waals surface area contributed by atoms with Gasteiger partial charge in [0.05, 0.1) is 6.61 Å². The molecule has 1 aliphatic carbocycles. The van der Waals surface area contributed by atoms with Gasteiger partial charge in [0.1, 0.15) is 0 Å². The van der Waals surface area contributed by atoms with E-state index in [1.165, 1.54) is 6.42 Å². The number of aliphatic hydroxyl groups excluding tert-OH is 1. The standard InChI is InChI=1S/C10H18N2O2/c13-7-10(4-1-5-10)11-6-8-2-3-9(14)12-8/h8,11,13H,1-7H2,(H,12,14). The second-order valence-corrected chi connectivity index (χ2v) is 4.48. The zero-order chi connectivity index (χ0) is 10.0. The predicted octanol–water partition coefficient (Wildman–Crippen LogP) is -0.230. The van der Waals surface area contributed by atoms with Crippen LogP contribution >= 0.6 is 0 Å². The van der Waals surface area contributed by atoms with Gasteiger partial charge in [-0.2, -0.15) is 0 Å². The van der Waals surface area contributed by atoms with E-state index in [1.807, 2.05) is 0 Å². The van der Waals surface area contributed by atoms with E-state index in [-0.39, 0.29) is 24.1 Å². The first-order chi connectivity index (χ1) is 6.74. The molecule has 14 heavy (non-hydrogen) atoms. The number of nitrogens with one attached hydrogen (secondary N) is 2. The third-order valence-electron chi connectivity index (χ3n) is 3.42. The average Bonchev–Trinajstić information content (AvgIpc) is 2.50. The minimum absolute atomic E-state index is 0.0344. The summed E-state index contributed by atoms with van der Waals surface area (Å²) in [6.07, 6.45) is 4.89. The van der Waals surface area contributed by atoms with Crippen LogP contribution in [0.25, 0.3) is 0 Å². The lowest BCUT2D eigenvalue weighted by atomic mass is 9.77. The number of hydrogen-bond acceptors (Lipinski definition) is 3. The fourth-order valence-corrected chi connectivity index (χ4v) is 2.16. The number of amides is 1. The SMILES string of the molecule is O=C1CCC(CNC2(CO)CCC2)N1. The van der Waals surface area contributed by atoms with Gasteiger partial charge >= 0.3 is 0 Å². The van der Waals surface area contributed by atoms with E-state index in [2.05, 4.69) is 10.6 Å². The number of carbonyl (C=O) groups is 1. The lowest BCUT2D eigenvalue weighted by Gasteiger charge is -2.41. The number of carbonyl (C=O) groups excluding carboxylic acids is 1. The van der Waals surface area contributed by atoms with Gasteiger partial charge in [-0.3, -0.25) is 4.79 Å². The Kier molecular flexibility index (Phi) is 2.74. The van der Waals surface area contributed by atoms with Crippen molar-refractivity contribution in [3.63, 3.8) is 0 Å². The molecular formula is C10H18N2O2. The van der Waals surface area contributed by atoms with Crippen LogP contribution < -0.4 is 10.6 Å². The molecule has 4 nitrogen and oxygen atoms in total. The maximum atomic E-state index is 10.9. The Balaban J connectivity index is 1.73. The molecule has 4 heteroatoms. The quantitative estimate of drug-likeness (QED) is 0.585. The number of aliphatic hydroxyl groups is 1. The Morgan fingerprint density at radius 3 is 2.79 bits per heavy atom. The van der Waals surface area contributed by atoms with Crippen LogP contribution in [0, 0.1) is 0 Å². The lowest BCUT2D eigenvalue weighted by molar-refractivity contribution is -0.119. The highest BCUT2D eigenvalue weighted by molar-refractivity contribution is 5.78. The number of hydrogen-bond donors (Lipinski definition) is 3. The summed E-state index contributed by atoms with van der Waals surface area (Å²) in [7, 11) is 0. The van der Waals surface area contributed by atoms with Gasteiger partial charge < -0.3 is 15.7 Å². The summed E-state index contributed by atoms with van der Waals surface area (Å²) >= 11 is 0. The van der Waals surface area contributed by atoms with Gasteiger partial charge in [-0.25, -0.2) is 0 Å². The van der Waals surface area contributed by atoms with Gasteiger partial charge in [-0.05, 0) is 25.7 Å². The van der Waals surface area contributed by atoms with Crippen molar-refractivity contribution in [2.75, 3.05) is 13.2 Å². The van der Waals surface area contributed by atoms with Gasteiger partial charge in [-0.1, -0.05) is 0 Å². The largest absolute Gasteiger partial charge is 0.394 e. The van der Waals surface area contributed by atoms with Gasteiger partial charge in [0.15, 0.2) is 0 Å². The van der Waals surface area contributed by atoms with E-state index in [0.29, 0.717) is 6.42 Å². The first-order valence-corrected chi connectivity index (χ1v) is 5.39. The molecule has 80 valence electrons. The van der Waals surface area contributed by atoms with Gasteiger partial charge in [0.25, 0.3) is 0 Å². The number of rotatable bonds is 4. The lowest BCUT2D eigenvalue weighted by Crippen LogP contribution is -2.56. The Hall–Kier alpha value is -0.610. The monoisotopic (exact) mass is 198 g/mol. The predicted molar refractivity (Wildman–Crippen MR) is 52.8 cm³/mol. The average molecular weight is 198 g/mol. The van der Waals surface area contributed by atoms with E-state index >= 15 is 0 Å². The normalized spacial score (nSPS) is 29.8. The maximum absolute atomic E-state index is 10.9. The Bertz CT molecular complexity index is 221. The van der Waals surface area contributed by atoms with Crippen molar-refractivity contribution in [1.29, 1.82) is 0 Å². The second-order valence-electron chi connectivity index (χ2n) is 4.48. The molecule has 1 heterocycles. The van der Waals surface area contributed by atoms with Crippen LogP contribution in [0.4, 0.5) is 0 Å². The van der Waals surface area contributed by atoms with Crippen molar-refractivity contribution in [3.8, 4) is 0 Å². The van der Waals surface area contributed by atoms with Gasteiger partial charge in [-0.15, -0.1) is 0 Å². The molecule has 0 aromatic carbocycles. The Morgan fingerprint density at radius 2 is 2.36 bits per heavy atom. The molecule has 1 unspecified atom stereocenters. The molecule has 2 fully saturated rings. The summed E-state index contributed by atoms with van der Waals surface area (Å²) in [6.45, 7) is 1.01. The molecule has 2 rings (SSSR count). The van der Waals surface area contributed by atoms with Crippen molar-refractivity contribution >= 4 is 5.91 Å². The molecule has 2 aliphatic rings. The third kappa shape index (κ3) is 1.91. The molecule has 1 amide bonds. The van der Waals surface area contributed by atoms with Crippen LogP contribution in [0.1, 0.15) is 32.1 Å². The topological polar surface area (TPSA) is 61.4 Å². The van der Waals surface area contributed by atoms with Crippen LogP contribution in [0.15, 0.2) is 0 Å². The fraction of sp³-hybridized carbons (Fsp3) is 0.900. The Labute approximate surface area is 84.1 Å². The fourth-order valence-electron chi connectivity index (χ4n) is 2.16. The van der Waals surface area contributed by atoms with Crippen LogP contribution in [0.2, 0.25) is 0 Å². The molecule has 1 aliphatic heterocycles. The first-order valence-electron chi connectivity index (χ1n) is 5.39. The van der Waals surface area contributed by atoms with Crippen molar-refractivity contribution < 1.29 is 9.90 Å². The Morgan fingerprint density at radius 1 is 1.57 bits per heavy atom. The van der Waals surface area contributed by atoms with Crippen LogP contribution in [0.3, 0.4) is 0 Å². The molecular weight excluding hydrogens is 180 g/mol. The molecule has 0 radical (unpaired) electrons. The summed E-state index contributed by atoms with van der Waals surface area (Å²) in [5.74, 6) is 0.156. The van der Waals surface area contributed by atoms with Crippen molar-refractivity contribution in [2.45, 2.75) is 43.7 Å². The summed E-state index contributed by atoms with van der Waals surface area (Å²) in [4.78, 5) is 10.9. The molecule has 1 saturated carbocycles. The highest BCUT2D eigenvalue weighted by Crippen LogP contribution is 2.31. The second kappa shape index (κ2) is 3.87. The van der Waals surface area contributed by atoms with Crippen molar-refractivity contribution in [1.82, 2.24) is 10.6 Å².